The molecule has 1 aromatic carbocycles. The summed E-state index contributed by atoms with van der Waals surface area (Å²) in [5.74, 6) is 0.634. The summed E-state index contributed by atoms with van der Waals surface area (Å²) in [6.07, 6.45) is 0.918. The van der Waals surface area contributed by atoms with Crippen LogP contribution in [0.5, 0.6) is 5.75 Å². The van der Waals surface area contributed by atoms with E-state index >= 15 is 0 Å². The molecule has 0 bridgehead atoms. The Balaban J connectivity index is 2.31. The van der Waals surface area contributed by atoms with Gasteiger partial charge in [0.25, 0.3) is 0 Å². The number of benzene rings is 1. The Labute approximate surface area is 127 Å². The lowest BCUT2D eigenvalue weighted by molar-refractivity contribution is -0.133. The number of carboxylic acid groups (broad SMARTS) is 1. The smallest absolute Gasteiger partial charge is 0.313 e. The van der Waals surface area contributed by atoms with Crippen LogP contribution in [-0.2, 0) is 11.3 Å². The van der Waals surface area contributed by atoms with Gasteiger partial charge in [-0.15, -0.1) is 10.2 Å². The summed E-state index contributed by atoms with van der Waals surface area (Å²) >= 11 is 1.18. The van der Waals surface area contributed by atoms with Crippen LogP contribution in [-0.4, -0.2) is 38.7 Å². The number of hydrogen-bond acceptors (Lipinski definition) is 5. The van der Waals surface area contributed by atoms with Gasteiger partial charge < -0.3 is 14.4 Å². The van der Waals surface area contributed by atoms with Gasteiger partial charge in [0.2, 0.25) is 0 Å². The summed E-state index contributed by atoms with van der Waals surface area (Å²) in [5.41, 5.74) is 0.930. The van der Waals surface area contributed by atoms with Crippen LogP contribution in [0, 0.1) is 0 Å². The van der Waals surface area contributed by atoms with Crippen molar-refractivity contribution in [1.29, 1.82) is 0 Å². The molecule has 0 aliphatic rings. The van der Waals surface area contributed by atoms with Crippen LogP contribution in [0.4, 0.5) is 0 Å². The molecule has 0 saturated heterocycles. The van der Waals surface area contributed by atoms with Crippen LogP contribution in [0.1, 0.15) is 13.3 Å². The second-order valence-corrected chi connectivity index (χ2v) is 5.31. The van der Waals surface area contributed by atoms with Crippen molar-refractivity contribution in [2.75, 3.05) is 12.9 Å². The molecular weight excluding hydrogens is 290 g/mol. The van der Waals surface area contributed by atoms with Gasteiger partial charge in [0.15, 0.2) is 11.0 Å². The Kier molecular flexibility index (Phi) is 5.21. The van der Waals surface area contributed by atoms with E-state index in [1.807, 2.05) is 28.8 Å². The molecule has 7 heteroatoms. The van der Waals surface area contributed by atoms with E-state index in [2.05, 4.69) is 17.1 Å². The number of rotatable bonds is 7. The van der Waals surface area contributed by atoms with Crippen molar-refractivity contribution in [3.63, 3.8) is 0 Å². The van der Waals surface area contributed by atoms with Crippen molar-refractivity contribution in [3.05, 3.63) is 24.3 Å². The van der Waals surface area contributed by atoms with Gasteiger partial charge in [-0.2, -0.15) is 0 Å². The minimum Gasteiger partial charge on any atom is -0.497 e. The Morgan fingerprint density at radius 1 is 1.33 bits per heavy atom. The predicted molar refractivity (Wildman–Crippen MR) is 80.7 cm³/mol. The quantitative estimate of drug-likeness (QED) is 0.792. The highest BCUT2D eigenvalue weighted by Crippen LogP contribution is 2.25. The third-order valence-corrected chi connectivity index (χ3v) is 3.79. The van der Waals surface area contributed by atoms with Crippen LogP contribution in [0.15, 0.2) is 29.4 Å². The van der Waals surface area contributed by atoms with E-state index in [-0.39, 0.29) is 5.75 Å². The van der Waals surface area contributed by atoms with E-state index in [1.54, 1.807) is 7.11 Å². The molecule has 0 radical (unpaired) electrons. The van der Waals surface area contributed by atoms with Crippen LogP contribution in [0.2, 0.25) is 0 Å². The molecule has 0 aliphatic carbocycles. The predicted octanol–water partition coefficient (Wildman–Crippen LogP) is 2.54. The Morgan fingerprint density at radius 3 is 2.62 bits per heavy atom. The summed E-state index contributed by atoms with van der Waals surface area (Å²) in [5, 5.41) is 17.7. The molecule has 0 amide bonds. The molecular formula is C14H17N3O3S. The Hall–Kier alpha value is -2.02. The van der Waals surface area contributed by atoms with Crippen molar-refractivity contribution in [2.24, 2.45) is 0 Å². The highest BCUT2D eigenvalue weighted by atomic mass is 32.2. The second kappa shape index (κ2) is 7.12. The van der Waals surface area contributed by atoms with Gasteiger partial charge in [0.1, 0.15) is 5.75 Å². The van der Waals surface area contributed by atoms with Gasteiger partial charge >= 0.3 is 5.97 Å². The Morgan fingerprint density at radius 2 is 2.05 bits per heavy atom. The largest absolute Gasteiger partial charge is 0.497 e. The highest BCUT2D eigenvalue weighted by molar-refractivity contribution is 7.99. The fourth-order valence-corrected chi connectivity index (χ4v) is 2.59. The average molecular weight is 307 g/mol. The van der Waals surface area contributed by atoms with E-state index < -0.39 is 5.97 Å². The van der Waals surface area contributed by atoms with Gasteiger partial charge in [-0.05, 0) is 30.7 Å². The first-order valence-electron chi connectivity index (χ1n) is 6.58. The summed E-state index contributed by atoms with van der Waals surface area (Å²) in [6.45, 7) is 2.81. The number of methoxy groups -OCH3 is 1. The lowest BCUT2D eigenvalue weighted by Gasteiger charge is -2.08. The van der Waals surface area contributed by atoms with Crippen LogP contribution in [0.3, 0.4) is 0 Å². The third kappa shape index (κ3) is 3.75. The first-order valence-corrected chi connectivity index (χ1v) is 7.56. The van der Waals surface area contributed by atoms with Crippen molar-refractivity contribution in [2.45, 2.75) is 25.0 Å². The maximum atomic E-state index is 10.7. The molecule has 2 rings (SSSR count). The second-order valence-electron chi connectivity index (χ2n) is 4.37. The zero-order valence-electron chi connectivity index (χ0n) is 11.9. The van der Waals surface area contributed by atoms with Gasteiger partial charge in [0, 0.05) is 12.1 Å². The van der Waals surface area contributed by atoms with Crippen molar-refractivity contribution >= 4 is 17.7 Å². The molecule has 2 aromatic rings. The number of carbonyl (C=O) groups is 1. The maximum absolute atomic E-state index is 10.7. The number of ether oxygens (including phenoxy) is 1. The standard InChI is InChI=1S/C14H17N3O3S/c1-3-8-17-13(10-4-6-11(20-2)7-5-10)15-16-14(17)21-9-12(18)19/h4-7H,3,8-9H2,1-2H3,(H,18,19). The summed E-state index contributed by atoms with van der Waals surface area (Å²) in [7, 11) is 1.62. The molecule has 0 atom stereocenters. The first-order chi connectivity index (χ1) is 10.2. The van der Waals surface area contributed by atoms with Crippen LogP contribution in [0.25, 0.3) is 11.4 Å². The van der Waals surface area contributed by atoms with E-state index in [1.165, 1.54) is 11.8 Å². The van der Waals surface area contributed by atoms with Gasteiger partial charge in [-0.25, -0.2) is 0 Å². The molecule has 1 aromatic heterocycles. The van der Waals surface area contributed by atoms with E-state index in [0.717, 1.165) is 30.1 Å². The van der Waals surface area contributed by atoms with E-state index in [0.29, 0.717) is 5.16 Å². The lowest BCUT2D eigenvalue weighted by Crippen LogP contribution is -2.04. The fourth-order valence-electron chi connectivity index (χ4n) is 1.90. The number of thioether (sulfide) groups is 1. The number of aliphatic carboxylic acids is 1. The normalized spacial score (nSPS) is 10.6. The molecule has 0 aliphatic heterocycles. The minimum absolute atomic E-state index is 0.0234. The van der Waals surface area contributed by atoms with Gasteiger partial charge in [-0.1, -0.05) is 18.7 Å². The van der Waals surface area contributed by atoms with Gasteiger partial charge in [-0.3, -0.25) is 4.79 Å². The molecule has 0 fully saturated rings. The number of hydrogen-bond donors (Lipinski definition) is 1. The van der Waals surface area contributed by atoms with Crippen LogP contribution >= 0.6 is 11.8 Å². The molecule has 1 heterocycles. The zero-order valence-corrected chi connectivity index (χ0v) is 12.8. The molecule has 0 unspecified atom stereocenters. The monoisotopic (exact) mass is 307 g/mol. The van der Waals surface area contributed by atoms with Gasteiger partial charge in [0.05, 0.1) is 12.9 Å². The summed E-state index contributed by atoms with van der Waals surface area (Å²) in [6, 6.07) is 7.57. The number of nitrogens with zero attached hydrogens (tertiary/aromatic N) is 3. The topological polar surface area (TPSA) is 77.2 Å². The van der Waals surface area contributed by atoms with E-state index in [9.17, 15) is 4.79 Å². The third-order valence-electron chi connectivity index (χ3n) is 2.84. The van der Waals surface area contributed by atoms with E-state index in [4.69, 9.17) is 9.84 Å². The first kappa shape index (κ1) is 15.4. The summed E-state index contributed by atoms with van der Waals surface area (Å²) < 4.78 is 7.09. The van der Waals surface area contributed by atoms with Crippen molar-refractivity contribution < 1.29 is 14.6 Å². The maximum Gasteiger partial charge on any atom is 0.313 e. The lowest BCUT2D eigenvalue weighted by atomic mass is 10.2. The molecule has 0 spiro atoms. The molecule has 21 heavy (non-hydrogen) atoms. The highest BCUT2D eigenvalue weighted by Gasteiger charge is 2.14. The molecule has 1 N–H and O–H groups in total. The summed E-state index contributed by atoms with van der Waals surface area (Å²) in [4.78, 5) is 10.7. The molecule has 6 nitrogen and oxygen atoms in total. The zero-order chi connectivity index (χ0) is 15.2. The number of carboxylic acids is 1. The van der Waals surface area contributed by atoms with Crippen LogP contribution < -0.4 is 4.74 Å². The average Bonchev–Trinajstić information content (AvgIpc) is 2.88. The minimum atomic E-state index is -0.864. The number of aromatic nitrogens is 3. The molecule has 112 valence electrons. The van der Waals surface area contributed by atoms with Crippen molar-refractivity contribution in [1.82, 2.24) is 14.8 Å². The van der Waals surface area contributed by atoms with Crippen molar-refractivity contribution in [3.8, 4) is 17.1 Å². The fraction of sp³-hybridized carbons (Fsp3) is 0.357. The SMILES string of the molecule is CCCn1c(SCC(=O)O)nnc1-c1ccc(OC)cc1. The molecule has 0 saturated carbocycles. The Bertz CT molecular complexity index is 610.